The zero-order chi connectivity index (χ0) is 19.1. The summed E-state index contributed by atoms with van der Waals surface area (Å²) in [7, 11) is 0. The van der Waals surface area contributed by atoms with Crippen molar-refractivity contribution in [2.75, 3.05) is 5.32 Å². The molecule has 0 spiro atoms. The van der Waals surface area contributed by atoms with Crippen LogP contribution >= 0.6 is 0 Å². The van der Waals surface area contributed by atoms with Crippen molar-refractivity contribution in [3.8, 4) is 5.75 Å². The van der Waals surface area contributed by atoms with E-state index in [4.69, 9.17) is 13.9 Å². The highest BCUT2D eigenvalue weighted by Gasteiger charge is 2.39. The van der Waals surface area contributed by atoms with Crippen LogP contribution < -0.4 is 15.7 Å². The van der Waals surface area contributed by atoms with E-state index in [0.29, 0.717) is 22.6 Å². The summed E-state index contributed by atoms with van der Waals surface area (Å²) >= 11 is 0. The van der Waals surface area contributed by atoms with E-state index in [9.17, 15) is 9.59 Å². The topological polar surface area (TPSA) is 77.8 Å². The van der Waals surface area contributed by atoms with Crippen molar-refractivity contribution in [1.29, 1.82) is 0 Å². The van der Waals surface area contributed by atoms with Crippen molar-refractivity contribution in [2.45, 2.75) is 52.9 Å². The van der Waals surface area contributed by atoms with E-state index in [1.807, 2.05) is 6.07 Å². The number of carbonyl (C=O) groups is 1. The van der Waals surface area contributed by atoms with Crippen molar-refractivity contribution in [1.82, 2.24) is 0 Å². The Morgan fingerprint density at radius 1 is 1.27 bits per heavy atom. The van der Waals surface area contributed by atoms with Crippen LogP contribution in [0.1, 0.15) is 41.0 Å². The lowest BCUT2D eigenvalue weighted by molar-refractivity contribution is -0.225. The Hall–Kier alpha value is -2.34. The summed E-state index contributed by atoms with van der Waals surface area (Å²) < 4.78 is 17.5. The summed E-state index contributed by atoms with van der Waals surface area (Å²) in [6, 6.07) is 6.87. The van der Waals surface area contributed by atoms with Crippen LogP contribution in [0.3, 0.4) is 0 Å². The summed E-state index contributed by atoms with van der Waals surface area (Å²) in [5.41, 5.74) is -0.314. The fourth-order valence-corrected chi connectivity index (χ4v) is 3.41. The standard InChI is InChI=1S/C20H25NO5/c1-11-10-20(4,5)26-19(12(11)2)24-15-7-6-14-8-16(21-13(3)22)18(23)25-17(14)9-15/h6-9,11-12,19H,10H2,1-5H3,(H,21,22)/t11-,12+,19?/m1/s1. The maximum atomic E-state index is 12.0. The summed E-state index contributed by atoms with van der Waals surface area (Å²) in [6.07, 6.45) is 0.614. The Morgan fingerprint density at radius 2 is 2.00 bits per heavy atom. The third-order valence-corrected chi connectivity index (χ3v) is 4.85. The Kier molecular flexibility index (Phi) is 4.80. The Labute approximate surface area is 152 Å². The number of hydrogen-bond donors (Lipinski definition) is 1. The first kappa shape index (κ1) is 18.5. The monoisotopic (exact) mass is 359 g/mol. The molecule has 1 aliphatic heterocycles. The molecule has 1 amide bonds. The van der Waals surface area contributed by atoms with E-state index in [1.54, 1.807) is 18.2 Å². The molecule has 140 valence electrons. The zero-order valence-electron chi connectivity index (χ0n) is 15.8. The van der Waals surface area contributed by atoms with Gasteiger partial charge in [-0.15, -0.1) is 0 Å². The minimum absolute atomic E-state index is 0.124. The Balaban J connectivity index is 1.87. The van der Waals surface area contributed by atoms with Gasteiger partial charge < -0.3 is 19.2 Å². The minimum Gasteiger partial charge on any atom is -0.464 e. The number of amides is 1. The zero-order valence-corrected chi connectivity index (χ0v) is 15.8. The first-order chi connectivity index (χ1) is 12.1. The van der Waals surface area contributed by atoms with Gasteiger partial charge in [0.1, 0.15) is 17.0 Å². The van der Waals surface area contributed by atoms with Crippen LogP contribution in [-0.2, 0) is 9.53 Å². The molecule has 3 rings (SSSR count). The number of ether oxygens (including phenoxy) is 2. The molecule has 1 aromatic heterocycles. The van der Waals surface area contributed by atoms with Crippen LogP contribution in [0.25, 0.3) is 11.0 Å². The van der Waals surface area contributed by atoms with Crippen molar-refractivity contribution >= 4 is 22.6 Å². The second-order valence-corrected chi connectivity index (χ2v) is 7.73. The number of benzene rings is 1. The smallest absolute Gasteiger partial charge is 0.360 e. The molecule has 1 aromatic carbocycles. The van der Waals surface area contributed by atoms with Crippen LogP contribution in [0.2, 0.25) is 0 Å². The van der Waals surface area contributed by atoms with Crippen LogP contribution in [0, 0.1) is 11.8 Å². The lowest BCUT2D eigenvalue weighted by Crippen LogP contribution is -2.46. The summed E-state index contributed by atoms with van der Waals surface area (Å²) in [5.74, 6) is 0.974. The van der Waals surface area contributed by atoms with Gasteiger partial charge in [0.15, 0.2) is 0 Å². The predicted octanol–water partition coefficient (Wildman–Crippen LogP) is 3.93. The molecular weight excluding hydrogens is 334 g/mol. The van der Waals surface area contributed by atoms with Gasteiger partial charge in [0, 0.05) is 24.3 Å². The van der Waals surface area contributed by atoms with Gasteiger partial charge in [0.05, 0.1) is 5.60 Å². The third-order valence-electron chi connectivity index (χ3n) is 4.85. The van der Waals surface area contributed by atoms with E-state index in [-0.39, 0.29) is 29.4 Å². The molecule has 3 atom stereocenters. The average Bonchev–Trinajstić information content (AvgIpc) is 2.52. The molecular formula is C20H25NO5. The molecule has 1 unspecified atom stereocenters. The molecule has 1 fully saturated rings. The van der Waals surface area contributed by atoms with Gasteiger partial charge in [-0.1, -0.05) is 13.8 Å². The van der Waals surface area contributed by atoms with Gasteiger partial charge in [-0.2, -0.15) is 0 Å². The number of fused-ring (bicyclic) bond motifs is 1. The van der Waals surface area contributed by atoms with Gasteiger partial charge in [0.25, 0.3) is 0 Å². The van der Waals surface area contributed by atoms with Crippen LogP contribution in [0.5, 0.6) is 5.75 Å². The first-order valence-electron chi connectivity index (χ1n) is 8.84. The number of nitrogens with one attached hydrogen (secondary N) is 1. The molecule has 0 radical (unpaired) electrons. The molecule has 0 bridgehead atoms. The maximum absolute atomic E-state index is 12.0. The van der Waals surface area contributed by atoms with Gasteiger partial charge in [-0.05, 0) is 44.4 Å². The van der Waals surface area contributed by atoms with Crippen molar-refractivity contribution < 1.29 is 18.7 Å². The molecule has 0 aliphatic carbocycles. The van der Waals surface area contributed by atoms with E-state index in [2.05, 4.69) is 33.0 Å². The van der Waals surface area contributed by atoms with Crippen LogP contribution in [0.15, 0.2) is 33.5 Å². The van der Waals surface area contributed by atoms with E-state index >= 15 is 0 Å². The van der Waals surface area contributed by atoms with Crippen molar-refractivity contribution in [2.24, 2.45) is 11.8 Å². The van der Waals surface area contributed by atoms with E-state index in [1.165, 1.54) is 6.92 Å². The van der Waals surface area contributed by atoms with Crippen molar-refractivity contribution in [3.05, 3.63) is 34.7 Å². The van der Waals surface area contributed by atoms with Gasteiger partial charge >= 0.3 is 5.63 Å². The largest absolute Gasteiger partial charge is 0.464 e. The molecule has 26 heavy (non-hydrogen) atoms. The first-order valence-corrected chi connectivity index (χ1v) is 8.84. The lowest BCUT2D eigenvalue weighted by Gasteiger charge is -2.43. The molecule has 0 saturated carbocycles. The molecule has 2 aromatic rings. The highest BCUT2D eigenvalue weighted by Crippen LogP contribution is 2.37. The number of rotatable bonds is 3. The summed E-state index contributed by atoms with van der Waals surface area (Å²) in [4.78, 5) is 23.2. The molecule has 2 heterocycles. The quantitative estimate of drug-likeness (QED) is 0.840. The maximum Gasteiger partial charge on any atom is 0.360 e. The van der Waals surface area contributed by atoms with E-state index in [0.717, 1.165) is 6.42 Å². The lowest BCUT2D eigenvalue weighted by atomic mass is 9.82. The predicted molar refractivity (Wildman–Crippen MR) is 99.3 cm³/mol. The van der Waals surface area contributed by atoms with Gasteiger partial charge in [0.2, 0.25) is 12.2 Å². The summed E-state index contributed by atoms with van der Waals surface area (Å²) in [6.45, 7) is 9.79. The molecule has 1 N–H and O–H groups in total. The highest BCUT2D eigenvalue weighted by atomic mass is 16.7. The fraction of sp³-hybridized carbons (Fsp3) is 0.500. The number of anilines is 1. The Morgan fingerprint density at radius 3 is 2.69 bits per heavy atom. The SMILES string of the molecule is CC(=O)Nc1cc2ccc(OC3OC(C)(C)C[C@@H](C)[C@@H]3C)cc2oc1=O. The highest BCUT2D eigenvalue weighted by molar-refractivity contribution is 5.91. The second-order valence-electron chi connectivity index (χ2n) is 7.73. The second kappa shape index (κ2) is 6.76. The number of carbonyl (C=O) groups excluding carboxylic acids is 1. The fourth-order valence-electron chi connectivity index (χ4n) is 3.41. The van der Waals surface area contributed by atoms with E-state index < -0.39 is 5.63 Å². The van der Waals surface area contributed by atoms with Crippen LogP contribution in [-0.4, -0.2) is 17.8 Å². The third kappa shape index (κ3) is 3.90. The normalized spacial score (nSPS) is 25.0. The minimum atomic E-state index is -0.595. The average molecular weight is 359 g/mol. The van der Waals surface area contributed by atoms with Crippen molar-refractivity contribution in [3.63, 3.8) is 0 Å². The van der Waals surface area contributed by atoms with Gasteiger partial charge in [-0.3, -0.25) is 4.79 Å². The van der Waals surface area contributed by atoms with Gasteiger partial charge in [-0.25, -0.2) is 4.79 Å². The number of hydrogen-bond acceptors (Lipinski definition) is 5. The molecule has 1 saturated heterocycles. The van der Waals surface area contributed by atoms with Crippen LogP contribution in [0.4, 0.5) is 5.69 Å². The molecule has 6 nitrogen and oxygen atoms in total. The Bertz CT molecular complexity index is 885. The molecule has 1 aliphatic rings. The molecule has 6 heteroatoms. The summed E-state index contributed by atoms with van der Waals surface area (Å²) in [5, 5.41) is 3.17.